The molecule has 0 aromatic heterocycles. The molecule has 0 radical (unpaired) electrons. The average Bonchev–Trinajstić information content (AvgIpc) is 2.94. The van der Waals surface area contributed by atoms with Crippen LogP contribution in [-0.2, 0) is 21.4 Å². The molecule has 0 unspecified atom stereocenters. The molecule has 4 rings (SSSR count). The van der Waals surface area contributed by atoms with Crippen LogP contribution < -0.4 is 0 Å². The summed E-state index contributed by atoms with van der Waals surface area (Å²) in [6.45, 7) is 6.11. The van der Waals surface area contributed by atoms with Crippen molar-refractivity contribution in [2.24, 2.45) is 5.92 Å². The molecule has 1 aliphatic rings. The molecule has 0 spiro atoms. The van der Waals surface area contributed by atoms with Crippen molar-refractivity contribution in [2.45, 2.75) is 44.4 Å². The smallest absolute Gasteiger partial charge is 0.254 e. The van der Waals surface area contributed by atoms with E-state index in [-0.39, 0.29) is 36.5 Å². The predicted molar refractivity (Wildman–Crippen MR) is 148 cm³/mol. The lowest BCUT2D eigenvalue weighted by Gasteiger charge is -2.35. The third kappa shape index (κ3) is 5.83. The Morgan fingerprint density at radius 2 is 1.68 bits per heavy atom. The molecule has 1 amide bonds. The summed E-state index contributed by atoms with van der Waals surface area (Å²) in [6.07, 6.45) is -0.505. The second-order valence-electron chi connectivity index (χ2n) is 10.1. The van der Waals surface area contributed by atoms with Gasteiger partial charge in [-0.15, -0.1) is 0 Å². The lowest BCUT2D eigenvalue weighted by Crippen LogP contribution is -2.47. The Morgan fingerprint density at radius 1 is 1.03 bits per heavy atom. The number of ether oxygens (including phenoxy) is 1. The number of sulfonamides is 1. The van der Waals surface area contributed by atoms with Gasteiger partial charge in [-0.25, -0.2) is 8.42 Å². The Hall–Kier alpha value is -3.04. The SMILES string of the molecule is Cc1cccc(S(=O)(=O)N(C)C[C@@H]2OCc3ccccc3-c3ccccc3C(=O)N([C@H](C)CO)C[C@H]2C)c1. The Morgan fingerprint density at radius 3 is 2.37 bits per heavy atom. The highest BCUT2D eigenvalue weighted by Crippen LogP contribution is 2.31. The van der Waals surface area contributed by atoms with Crippen LogP contribution in [0.25, 0.3) is 11.1 Å². The summed E-state index contributed by atoms with van der Waals surface area (Å²) < 4.78 is 34.5. The van der Waals surface area contributed by atoms with Gasteiger partial charge in [0.1, 0.15) is 0 Å². The first kappa shape index (κ1) is 28.0. The number of benzene rings is 3. The average molecular weight is 537 g/mol. The van der Waals surface area contributed by atoms with Crippen molar-refractivity contribution in [3.05, 3.63) is 89.5 Å². The molecule has 1 N–H and O–H groups in total. The van der Waals surface area contributed by atoms with E-state index in [0.717, 1.165) is 22.3 Å². The van der Waals surface area contributed by atoms with Crippen LogP contribution >= 0.6 is 0 Å². The van der Waals surface area contributed by atoms with E-state index in [1.165, 1.54) is 4.31 Å². The molecule has 38 heavy (non-hydrogen) atoms. The summed E-state index contributed by atoms with van der Waals surface area (Å²) in [5.41, 5.74) is 4.03. The molecule has 7 nitrogen and oxygen atoms in total. The van der Waals surface area contributed by atoms with Gasteiger partial charge in [-0.2, -0.15) is 4.31 Å². The molecule has 3 atom stereocenters. The van der Waals surface area contributed by atoms with E-state index >= 15 is 0 Å². The molecule has 0 fully saturated rings. The topological polar surface area (TPSA) is 87.2 Å². The van der Waals surface area contributed by atoms with E-state index in [2.05, 4.69) is 0 Å². The Kier molecular flexibility index (Phi) is 8.67. The minimum Gasteiger partial charge on any atom is -0.394 e. The molecule has 8 heteroatoms. The van der Waals surface area contributed by atoms with Gasteiger partial charge in [0.2, 0.25) is 10.0 Å². The molecular weight excluding hydrogens is 500 g/mol. The van der Waals surface area contributed by atoms with Gasteiger partial charge in [-0.05, 0) is 54.3 Å². The maximum absolute atomic E-state index is 13.9. The minimum atomic E-state index is -3.75. The first-order valence-corrected chi connectivity index (χ1v) is 14.3. The quantitative estimate of drug-likeness (QED) is 0.507. The second-order valence-corrected chi connectivity index (χ2v) is 12.2. The maximum Gasteiger partial charge on any atom is 0.254 e. The Labute approximate surface area is 225 Å². The van der Waals surface area contributed by atoms with E-state index in [1.54, 1.807) is 30.1 Å². The number of amides is 1. The van der Waals surface area contributed by atoms with Crippen LogP contribution in [-0.4, -0.2) is 67.5 Å². The standard InChI is InChI=1S/C30H36N2O5S/c1-21-10-9-12-25(16-21)38(35,36)31(4)18-29-22(2)17-32(23(3)19-33)30(34)28-15-8-7-14-27(28)26-13-6-5-11-24(26)20-37-29/h5-16,22-23,29,33H,17-20H2,1-4H3/t22-,23-,29+/m1/s1. The summed E-state index contributed by atoms with van der Waals surface area (Å²) >= 11 is 0. The molecule has 202 valence electrons. The van der Waals surface area contributed by atoms with Crippen LogP contribution in [0.5, 0.6) is 0 Å². The predicted octanol–water partition coefficient (Wildman–Crippen LogP) is 4.34. The monoisotopic (exact) mass is 536 g/mol. The molecule has 3 aromatic rings. The zero-order valence-electron chi connectivity index (χ0n) is 22.4. The van der Waals surface area contributed by atoms with Gasteiger partial charge < -0.3 is 14.7 Å². The number of aliphatic hydroxyl groups excluding tert-OH is 1. The van der Waals surface area contributed by atoms with E-state index in [1.807, 2.05) is 75.4 Å². The first-order valence-electron chi connectivity index (χ1n) is 12.9. The third-order valence-corrected chi connectivity index (χ3v) is 9.05. The van der Waals surface area contributed by atoms with E-state index in [9.17, 15) is 18.3 Å². The van der Waals surface area contributed by atoms with Gasteiger partial charge in [0.25, 0.3) is 5.91 Å². The Bertz CT molecular complexity index is 1390. The third-order valence-electron chi connectivity index (χ3n) is 7.23. The number of aryl methyl sites for hydroxylation is 1. The lowest BCUT2D eigenvalue weighted by atomic mass is 9.94. The van der Waals surface area contributed by atoms with Crippen LogP contribution in [0.15, 0.2) is 77.7 Å². The fourth-order valence-corrected chi connectivity index (χ4v) is 6.15. The van der Waals surface area contributed by atoms with Gasteiger partial charge in [0.05, 0.1) is 30.3 Å². The van der Waals surface area contributed by atoms with Gasteiger partial charge in [0.15, 0.2) is 0 Å². The Balaban J connectivity index is 1.73. The van der Waals surface area contributed by atoms with Crippen molar-refractivity contribution in [1.82, 2.24) is 9.21 Å². The van der Waals surface area contributed by atoms with Crippen LogP contribution in [0, 0.1) is 12.8 Å². The molecule has 0 bridgehead atoms. The fraction of sp³-hybridized carbons (Fsp3) is 0.367. The zero-order valence-corrected chi connectivity index (χ0v) is 23.2. The number of hydrogen-bond donors (Lipinski definition) is 1. The number of nitrogens with zero attached hydrogens (tertiary/aromatic N) is 2. The van der Waals surface area contributed by atoms with Crippen molar-refractivity contribution in [2.75, 3.05) is 26.7 Å². The van der Waals surface area contributed by atoms with Crippen molar-refractivity contribution in [3.8, 4) is 11.1 Å². The molecule has 3 aromatic carbocycles. The van der Waals surface area contributed by atoms with Crippen molar-refractivity contribution >= 4 is 15.9 Å². The minimum absolute atomic E-state index is 0.113. The van der Waals surface area contributed by atoms with Gasteiger partial charge in [-0.1, -0.05) is 61.5 Å². The van der Waals surface area contributed by atoms with Crippen molar-refractivity contribution in [1.29, 1.82) is 0 Å². The normalized spacial score (nSPS) is 19.4. The van der Waals surface area contributed by atoms with Crippen LogP contribution in [0.2, 0.25) is 0 Å². The largest absolute Gasteiger partial charge is 0.394 e. The highest BCUT2D eigenvalue weighted by Gasteiger charge is 2.32. The molecule has 0 saturated heterocycles. The van der Waals surface area contributed by atoms with Crippen LogP contribution in [0.1, 0.15) is 35.3 Å². The highest BCUT2D eigenvalue weighted by atomic mass is 32.2. The van der Waals surface area contributed by atoms with Crippen molar-refractivity contribution in [3.63, 3.8) is 0 Å². The van der Waals surface area contributed by atoms with Crippen molar-refractivity contribution < 1.29 is 23.1 Å². The summed E-state index contributed by atoms with van der Waals surface area (Å²) in [7, 11) is -2.19. The summed E-state index contributed by atoms with van der Waals surface area (Å²) in [6, 6.07) is 21.7. The number of carbonyl (C=O) groups is 1. The van der Waals surface area contributed by atoms with Crippen LogP contribution in [0.3, 0.4) is 0 Å². The second kappa shape index (κ2) is 11.8. The van der Waals surface area contributed by atoms with E-state index in [4.69, 9.17) is 4.74 Å². The first-order chi connectivity index (χ1) is 18.1. The lowest BCUT2D eigenvalue weighted by molar-refractivity contribution is -0.0146. The number of carbonyl (C=O) groups excluding carboxylic acids is 1. The van der Waals surface area contributed by atoms with Gasteiger partial charge >= 0.3 is 0 Å². The molecule has 0 saturated carbocycles. The number of aliphatic hydroxyl groups is 1. The molecule has 1 aliphatic heterocycles. The number of hydrogen-bond acceptors (Lipinski definition) is 5. The highest BCUT2D eigenvalue weighted by molar-refractivity contribution is 7.89. The van der Waals surface area contributed by atoms with E-state index < -0.39 is 22.2 Å². The number of fused-ring (bicyclic) bond motifs is 3. The van der Waals surface area contributed by atoms with Gasteiger partial charge in [0, 0.05) is 31.6 Å². The molecular formula is C30H36N2O5S. The molecule has 0 aliphatic carbocycles. The summed E-state index contributed by atoms with van der Waals surface area (Å²) in [5.74, 6) is -0.397. The maximum atomic E-state index is 13.9. The summed E-state index contributed by atoms with van der Waals surface area (Å²) in [4.78, 5) is 15.8. The fourth-order valence-electron chi connectivity index (χ4n) is 4.86. The van der Waals surface area contributed by atoms with Crippen LogP contribution in [0.4, 0.5) is 0 Å². The van der Waals surface area contributed by atoms with Gasteiger partial charge in [-0.3, -0.25) is 4.79 Å². The van der Waals surface area contributed by atoms with E-state index in [0.29, 0.717) is 12.1 Å². The number of rotatable bonds is 6. The number of likely N-dealkylation sites (N-methyl/N-ethyl adjacent to an activating group) is 1. The molecule has 1 heterocycles. The summed E-state index contributed by atoms with van der Waals surface area (Å²) in [5, 5.41) is 9.99. The zero-order chi connectivity index (χ0) is 27.4.